The van der Waals surface area contributed by atoms with E-state index in [-0.39, 0.29) is 11.3 Å². The fourth-order valence-electron chi connectivity index (χ4n) is 2.15. The highest BCUT2D eigenvalue weighted by Crippen LogP contribution is 2.24. The molecule has 0 saturated carbocycles. The van der Waals surface area contributed by atoms with E-state index in [2.05, 4.69) is 9.40 Å². The minimum absolute atomic E-state index is 0.152. The molecule has 0 saturated heterocycles. The van der Waals surface area contributed by atoms with E-state index in [0.29, 0.717) is 10.1 Å². The number of ether oxygens (including phenoxy) is 1. The SMILES string of the molecule is O=C(OCc1nc2ccccc2n1C(F)F)c1ccc([N+](=O)[O-])o1. The van der Waals surface area contributed by atoms with Gasteiger partial charge in [0.15, 0.2) is 5.82 Å². The van der Waals surface area contributed by atoms with E-state index in [4.69, 9.17) is 4.74 Å². The van der Waals surface area contributed by atoms with Crippen LogP contribution in [0.4, 0.5) is 14.7 Å². The Kier molecular flexibility index (Phi) is 3.94. The zero-order valence-electron chi connectivity index (χ0n) is 11.9. The number of benzene rings is 1. The molecule has 0 aliphatic carbocycles. The summed E-state index contributed by atoms with van der Waals surface area (Å²) in [6, 6.07) is 8.30. The first-order valence-electron chi connectivity index (χ1n) is 6.62. The molecule has 2 aromatic heterocycles. The number of esters is 1. The molecule has 0 amide bonds. The highest BCUT2D eigenvalue weighted by molar-refractivity contribution is 5.86. The van der Waals surface area contributed by atoms with Gasteiger partial charge in [-0.3, -0.25) is 14.7 Å². The highest BCUT2D eigenvalue weighted by Gasteiger charge is 2.21. The molecule has 1 aromatic carbocycles. The lowest BCUT2D eigenvalue weighted by Crippen LogP contribution is -2.10. The van der Waals surface area contributed by atoms with Crippen molar-refractivity contribution in [1.29, 1.82) is 0 Å². The maximum Gasteiger partial charge on any atom is 0.433 e. The summed E-state index contributed by atoms with van der Waals surface area (Å²) in [6.07, 6.45) is 0. The third kappa shape index (κ3) is 2.81. The molecule has 0 N–H and O–H groups in total. The van der Waals surface area contributed by atoms with Crippen LogP contribution >= 0.6 is 0 Å². The van der Waals surface area contributed by atoms with Crippen molar-refractivity contribution in [3.05, 3.63) is 58.1 Å². The molecule has 0 fully saturated rings. The second-order valence-electron chi connectivity index (χ2n) is 4.64. The van der Waals surface area contributed by atoms with Crippen LogP contribution in [0.2, 0.25) is 0 Å². The number of imidazole rings is 1. The van der Waals surface area contributed by atoms with Gasteiger partial charge in [0.1, 0.15) is 11.5 Å². The van der Waals surface area contributed by atoms with Crippen LogP contribution < -0.4 is 0 Å². The normalized spacial score (nSPS) is 11.1. The van der Waals surface area contributed by atoms with Crippen molar-refractivity contribution in [2.24, 2.45) is 0 Å². The third-order valence-electron chi connectivity index (χ3n) is 3.17. The third-order valence-corrected chi connectivity index (χ3v) is 3.17. The van der Waals surface area contributed by atoms with Gasteiger partial charge in [0.05, 0.1) is 17.1 Å². The van der Waals surface area contributed by atoms with Gasteiger partial charge in [-0.1, -0.05) is 12.1 Å². The summed E-state index contributed by atoms with van der Waals surface area (Å²) in [5.41, 5.74) is 0.532. The second kappa shape index (κ2) is 6.07. The van der Waals surface area contributed by atoms with Crippen molar-refractivity contribution in [2.75, 3.05) is 0 Å². The molecule has 24 heavy (non-hydrogen) atoms. The summed E-state index contributed by atoms with van der Waals surface area (Å²) >= 11 is 0. The number of hydrogen-bond acceptors (Lipinski definition) is 6. The number of fused-ring (bicyclic) bond motifs is 1. The molecule has 0 aliphatic rings. The van der Waals surface area contributed by atoms with E-state index in [1.807, 2.05) is 0 Å². The van der Waals surface area contributed by atoms with Crippen molar-refractivity contribution in [3.63, 3.8) is 0 Å². The van der Waals surface area contributed by atoms with Crippen LogP contribution in [0.15, 0.2) is 40.8 Å². The number of halogens is 2. The van der Waals surface area contributed by atoms with Gasteiger partial charge in [0.25, 0.3) is 0 Å². The predicted molar refractivity (Wildman–Crippen MR) is 75.5 cm³/mol. The Bertz CT molecular complexity index is 918. The zero-order valence-corrected chi connectivity index (χ0v) is 11.9. The van der Waals surface area contributed by atoms with E-state index in [9.17, 15) is 23.7 Å². The van der Waals surface area contributed by atoms with Gasteiger partial charge in [-0.2, -0.15) is 8.78 Å². The molecular weight excluding hydrogens is 328 g/mol. The Morgan fingerprint density at radius 3 is 2.75 bits per heavy atom. The van der Waals surface area contributed by atoms with E-state index >= 15 is 0 Å². The van der Waals surface area contributed by atoms with E-state index in [1.165, 1.54) is 6.07 Å². The fourth-order valence-corrected chi connectivity index (χ4v) is 2.15. The van der Waals surface area contributed by atoms with Gasteiger partial charge in [-0.15, -0.1) is 0 Å². The first kappa shape index (κ1) is 15.6. The lowest BCUT2D eigenvalue weighted by molar-refractivity contribution is -0.402. The molecule has 0 aliphatic heterocycles. The molecule has 0 bridgehead atoms. The number of nitrogens with zero attached hydrogens (tertiary/aromatic N) is 3. The monoisotopic (exact) mass is 337 g/mol. The molecule has 0 spiro atoms. The summed E-state index contributed by atoms with van der Waals surface area (Å²) in [5.74, 6) is -2.19. The van der Waals surface area contributed by atoms with Crippen molar-refractivity contribution in [1.82, 2.24) is 9.55 Å². The summed E-state index contributed by atoms with van der Waals surface area (Å²) < 4.78 is 36.6. The number of para-hydroxylation sites is 2. The number of hydrogen-bond donors (Lipinski definition) is 0. The minimum Gasteiger partial charge on any atom is -0.452 e. The van der Waals surface area contributed by atoms with Gasteiger partial charge >= 0.3 is 18.4 Å². The second-order valence-corrected chi connectivity index (χ2v) is 4.64. The van der Waals surface area contributed by atoms with E-state index in [1.54, 1.807) is 18.2 Å². The van der Waals surface area contributed by atoms with Crippen LogP contribution in [0.25, 0.3) is 11.0 Å². The maximum absolute atomic E-state index is 13.2. The molecule has 8 nitrogen and oxygen atoms in total. The van der Waals surface area contributed by atoms with Gasteiger partial charge in [-0.05, 0) is 18.2 Å². The fraction of sp³-hybridized carbons (Fsp3) is 0.143. The van der Waals surface area contributed by atoms with Crippen molar-refractivity contribution >= 4 is 22.9 Å². The number of nitro groups is 1. The standard InChI is InChI=1S/C14H9F2N3O5/c15-14(16)18-9-4-2-1-3-8(9)17-11(18)7-23-13(20)10-5-6-12(24-10)19(21)22/h1-6,14H,7H2. The number of furan rings is 1. The van der Waals surface area contributed by atoms with Crippen LogP contribution in [0.3, 0.4) is 0 Å². The topological polar surface area (TPSA) is 100 Å². The zero-order chi connectivity index (χ0) is 17.3. The molecule has 124 valence electrons. The van der Waals surface area contributed by atoms with Crippen LogP contribution in [-0.4, -0.2) is 20.4 Å². The van der Waals surface area contributed by atoms with E-state index in [0.717, 1.165) is 12.1 Å². The highest BCUT2D eigenvalue weighted by atomic mass is 19.3. The minimum atomic E-state index is -2.86. The summed E-state index contributed by atoms with van der Waals surface area (Å²) in [5, 5.41) is 10.5. The first-order chi connectivity index (χ1) is 11.5. The van der Waals surface area contributed by atoms with Gasteiger partial charge < -0.3 is 9.15 Å². The Morgan fingerprint density at radius 1 is 1.33 bits per heavy atom. The Labute approximate surface area is 132 Å². The Balaban J connectivity index is 1.81. The van der Waals surface area contributed by atoms with E-state index < -0.39 is 35.7 Å². The molecule has 10 heteroatoms. The number of alkyl halides is 2. The Morgan fingerprint density at radius 2 is 2.08 bits per heavy atom. The number of carbonyl (C=O) groups is 1. The smallest absolute Gasteiger partial charge is 0.433 e. The molecule has 0 unspecified atom stereocenters. The lowest BCUT2D eigenvalue weighted by atomic mass is 10.3. The van der Waals surface area contributed by atoms with Crippen molar-refractivity contribution in [2.45, 2.75) is 13.2 Å². The molecule has 0 atom stereocenters. The van der Waals surface area contributed by atoms with Gasteiger partial charge in [0.2, 0.25) is 5.76 Å². The van der Waals surface area contributed by atoms with Crippen LogP contribution in [0.1, 0.15) is 22.9 Å². The predicted octanol–water partition coefficient (Wildman–Crippen LogP) is 3.29. The van der Waals surface area contributed by atoms with Crippen LogP contribution in [-0.2, 0) is 11.3 Å². The molecule has 3 aromatic rings. The maximum atomic E-state index is 13.2. The average molecular weight is 337 g/mol. The van der Waals surface area contributed by atoms with Crippen molar-refractivity contribution in [3.8, 4) is 0 Å². The van der Waals surface area contributed by atoms with Crippen LogP contribution in [0.5, 0.6) is 0 Å². The summed E-state index contributed by atoms with van der Waals surface area (Å²) in [6.45, 7) is -3.40. The summed E-state index contributed by atoms with van der Waals surface area (Å²) in [4.78, 5) is 25.5. The summed E-state index contributed by atoms with van der Waals surface area (Å²) in [7, 11) is 0. The molecular formula is C14H9F2N3O5. The molecule has 0 radical (unpaired) electrons. The number of rotatable bonds is 5. The number of aromatic nitrogens is 2. The first-order valence-corrected chi connectivity index (χ1v) is 6.62. The van der Waals surface area contributed by atoms with Crippen molar-refractivity contribution < 1.29 is 27.7 Å². The van der Waals surface area contributed by atoms with Crippen LogP contribution in [0, 0.1) is 10.1 Å². The number of carbonyl (C=O) groups excluding carboxylic acids is 1. The quantitative estimate of drug-likeness (QED) is 0.402. The van der Waals surface area contributed by atoms with Gasteiger partial charge in [0, 0.05) is 0 Å². The average Bonchev–Trinajstić information content (AvgIpc) is 3.16. The van der Waals surface area contributed by atoms with Gasteiger partial charge in [-0.25, -0.2) is 9.78 Å². The molecule has 3 rings (SSSR count). The lowest BCUT2D eigenvalue weighted by Gasteiger charge is -2.07. The Hall–Kier alpha value is -3.30. The molecule has 2 heterocycles. The largest absolute Gasteiger partial charge is 0.452 e.